The first kappa shape index (κ1) is 19.7. The normalized spacial score (nSPS) is 10.6. The quantitative estimate of drug-likeness (QED) is 0.551. The van der Waals surface area contributed by atoms with E-state index in [-0.39, 0.29) is 5.91 Å². The van der Waals surface area contributed by atoms with Crippen molar-refractivity contribution < 1.29 is 9.21 Å². The smallest absolute Gasteiger partial charge is 0.220 e. The molecule has 0 radical (unpaired) electrons. The van der Waals surface area contributed by atoms with E-state index in [4.69, 9.17) is 4.42 Å². The molecule has 0 unspecified atom stereocenters. The minimum atomic E-state index is 0.0700. The average molecular weight is 377 g/mol. The lowest BCUT2D eigenvalue weighted by molar-refractivity contribution is -0.121. The molecule has 2 aromatic carbocycles. The molecule has 4 heteroatoms. The van der Waals surface area contributed by atoms with Crippen molar-refractivity contribution in [1.29, 1.82) is 0 Å². The van der Waals surface area contributed by atoms with Crippen LogP contribution in [0.5, 0.6) is 0 Å². The Balaban J connectivity index is 1.35. The van der Waals surface area contributed by atoms with Gasteiger partial charge in [-0.25, -0.2) is 0 Å². The van der Waals surface area contributed by atoms with Crippen molar-refractivity contribution in [3.05, 3.63) is 78.1 Å². The Labute approximate surface area is 167 Å². The Hall–Kier alpha value is -3.01. The number of anilines is 1. The molecular formula is C24H28N2O2. The van der Waals surface area contributed by atoms with Gasteiger partial charge in [0.2, 0.25) is 5.91 Å². The lowest BCUT2D eigenvalue weighted by Gasteiger charge is -2.12. The van der Waals surface area contributed by atoms with Crippen LogP contribution in [0.25, 0.3) is 11.3 Å². The number of amides is 1. The maximum atomic E-state index is 12.1. The van der Waals surface area contributed by atoms with Crippen molar-refractivity contribution >= 4 is 11.6 Å². The monoisotopic (exact) mass is 376 g/mol. The second-order valence-electron chi connectivity index (χ2n) is 7.15. The summed E-state index contributed by atoms with van der Waals surface area (Å²) in [5.74, 6) is 1.76. The van der Waals surface area contributed by atoms with E-state index < -0.39 is 0 Å². The summed E-state index contributed by atoms with van der Waals surface area (Å²) in [6.45, 7) is 0.696. The van der Waals surface area contributed by atoms with Gasteiger partial charge in [-0.3, -0.25) is 4.79 Å². The molecule has 28 heavy (non-hydrogen) atoms. The van der Waals surface area contributed by atoms with Crippen molar-refractivity contribution in [2.75, 3.05) is 25.5 Å². The van der Waals surface area contributed by atoms with Crippen molar-refractivity contribution in [2.24, 2.45) is 0 Å². The summed E-state index contributed by atoms with van der Waals surface area (Å²) >= 11 is 0. The number of benzene rings is 2. The molecular weight excluding hydrogens is 348 g/mol. The molecule has 0 saturated carbocycles. The Morgan fingerprint density at radius 3 is 2.39 bits per heavy atom. The molecule has 1 amide bonds. The van der Waals surface area contributed by atoms with Gasteiger partial charge in [-0.15, -0.1) is 0 Å². The maximum absolute atomic E-state index is 12.1. The molecule has 1 heterocycles. The first-order valence-electron chi connectivity index (χ1n) is 9.79. The highest BCUT2D eigenvalue weighted by molar-refractivity contribution is 5.76. The molecule has 0 aliphatic rings. The maximum Gasteiger partial charge on any atom is 0.220 e. The lowest BCUT2D eigenvalue weighted by Crippen LogP contribution is -2.24. The number of aryl methyl sites for hydroxylation is 2. The fourth-order valence-electron chi connectivity index (χ4n) is 3.08. The van der Waals surface area contributed by atoms with Gasteiger partial charge >= 0.3 is 0 Å². The van der Waals surface area contributed by atoms with E-state index in [1.165, 1.54) is 11.3 Å². The zero-order valence-electron chi connectivity index (χ0n) is 16.7. The summed E-state index contributed by atoms with van der Waals surface area (Å²) in [4.78, 5) is 14.2. The molecule has 0 aliphatic carbocycles. The lowest BCUT2D eigenvalue weighted by atomic mass is 10.1. The third-order valence-corrected chi connectivity index (χ3v) is 4.74. The first-order chi connectivity index (χ1) is 13.6. The van der Waals surface area contributed by atoms with Crippen LogP contribution in [0.4, 0.5) is 5.69 Å². The van der Waals surface area contributed by atoms with Crippen molar-refractivity contribution in [3.8, 4) is 11.3 Å². The van der Waals surface area contributed by atoms with Crippen LogP contribution < -0.4 is 10.2 Å². The number of furan rings is 1. The molecule has 1 aromatic heterocycles. The summed E-state index contributed by atoms with van der Waals surface area (Å²) in [7, 11) is 4.07. The van der Waals surface area contributed by atoms with Gasteiger partial charge < -0.3 is 14.6 Å². The molecule has 0 spiro atoms. The molecule has 0 aliphatic heterocycles. The highest BCUT2D eigenvalue weighted by Crippen LogP contribution is 2.22. The van der Waals surface area contributed by atoms with E-state index in [2.05, 4.69) is 34.5 Å². The van der Waals surface area contributed by atoms with Gasteiger partial charge in [0.05, 0.1) is 0 Å². The van der Waals surface area contributed by atoms with E-state index in [1.807, 2.05) is 56.6 Å². The van der Waals surface area contributed by atoms with Crippen LogP contribution in [0.2, 0.25) is 0 Å². The Morgan fingerprint density at radius 2 is 1.68 bits per heavy atom. The van der Waals surface area contributed by atoms with E-state index >= 15 is 0 Å². The van der Waals surface area contributed by atoms with Gasteiger partial charge in [-0.2, -0.15) is 0 Å². The van der Waals surface area contributed by atoms with Gasteiger partial charge in [0.1, 0.15) is 11.5 Å². The second-order valence-corrected chi connectivity index (χ2v) is 7.15. The third kappa shape index (κ3) is 5.74. The van der Waals surface area contributed by atoms with E-state index in [0.29, 0.717) is 19.4 Å². The van der Waals surface area contributed by atoms with Gasteiger partial charge in [0, 0.05) is 44.7 Å². The average Bonchev–Trinajstić information content (AvgIpc) is 3.20. The summed E-state index contributed by atoms with van der Waals surface area (Å²) in [5, 5.41) is 3.00. The van der Waals surface area contributed by atoms with Crippen LogP contribution in [0.1, 0.15) is 24.2 Å². The summed E-state index contributed by atoms with van der Waals surface area (Å²) in [6.07, 6.45) is 2.96. The first-order valence-corrected chi connectivity index (χ1v) is 9.79. The van der Waals surface area contributed by atoms with Crippen LogP contribution >= 0.6 is 0 Å². The predicted molar refractivity (Wildman–Crippen MR) is 115 cm³/mol. The fraction of sp³-hybridized carbons (Fsp3) is 0.292. The molecule has 146 valence electrons. The molecule has 3 rings (SSSR count). The molecule has 3 aromatic rings. The Morgan fingerprint density at radius 1 is 0.929 bits per heavy atom. The molecule has 0 saturated heterocycles. The largest absolute Gasteiger partial charge is 0.461 e. The number of carbonyl (C=O) groups is 1. The van der Waals surface area contributed by atoms with Crippen LogP contribution in [-0.4, -0.2) is 26.5 Å². The van der Waals surface area contributed by atoms with Gasteiger partial charge in [-0.1, -0.05) is 42.5 Å². The summed E-state index contributed by atoms with van der Waals surface area (Å²) < 4.78 is 5.85. The minimum Gasteiger partial charge on any atom is -0.461 e. The van der Waals surface area contributed by atoms with Gasteiger partial charge in [-0.05, 0) is 42.7 Å². The highest BCUT2D eigenvalue weighted by Gasteiger charge is 2.07. The number of nitrogens with one attached hydrogen (secondary N) is 1. The molecule has 1 N–H and O–H groups in total. The zero-order valence-corrected chi connectivity index (χ0v) is 16.7. The number of rotatable bonds is 9. The highest BCUT2D eigenvalue weighted by atomic mass is 16.3. The number of carbonyl (C=O) groups excluding carboxylic acids is 1. The van der Waals surface area contributed by atoms with E-state index in [0.717, 1.165) is 29.9 Å². The number of hydrogen-bond donors (Lipinski definition) is 1. The number of nitrogens with zero attached hydrogens (tertiary/aromatic N) is 1. The zero-order chi connectivity index (χ0) is 19.8. The topological polar surface area (TPSA) is 45.5 Å². The third-order valence-electron chi connectivity index (χ3n) is 4.74. The second kappa shape index (κ2) is 9.79. The standard InChI is InChI=1S/C24H28N2O2/c1-26(2)21-12-10-19(11-13-21)7-6-18-25-24(27)17-15-22-14-16-23(28-22)20-8-4-3-5-9-20/h3-5,8-14,16H,6-7,15,17-18H2,1-2H3,(H,25,27). The van der Waals surface area contributed by atoms with Crippen molar-refractivity contribution in [3.63, 3.8) is 0 Å². The van der Waals surface area contributed by atoms with Crippen LogP contribution in [0.3, 0.4) is 0 Å². The van der Waals surface area contributed by atoms with E-state index in [1.54, 1.807) is 0 Å². The molecule has 4 nitrogen and oxygen atoms in total. The Bertz CT molecular complexity index is 867. The number of hydrogen-bond acceptors (Lipinski definition) is 3. The van der Waals surface area contributed by atoms with Crippen molar-refractivity contribution in [1.82, 2.24) is 5.32 Å². The Kier molecular flexibility index (Phi) is 6.90. The van der Waals surface area contributed by atoms with Crippen molar-refractivity contribution in [2.45, 2.75) is 25.7 Å². The van der Waals surface area contributed by atoms with Gasteiger partial charge in [0.15, 0.2) is 0 Å². The molecule has 0 atom stereocenters. The van der Waals surface area contributed by atoms with Gasteiger partial charge in [0.25, 0.3) is 0 Å². The van der Waals surface area contributed by atoms with Crippen LogP contribution in [-0.2, 0) is 17.6 Å². The van der Waals surface area contributed by atoms with Crippen LogP contribution in [0, 0.1) is 0 Å². The summed E-state index contributed by atoms with van der Waals surface area (Å²) in [5.41, 5.74) is 3.55. The molecule has 0 fully saturated rings. The fourth-order valence-corrected chi connectivity index (χ4v) is 3.08. The SMILES string of the molecule is CN(C)c1ccc(CCCNC(=O)CCc2ccc(-c3ccccc3)o2)cc1. The minimum absolute atomic E-state index is 0.0700. The predicted octanol–water partition coefficient (Wildman–Crippen LogP) is 4.69. The van der Waals surface area contributed by atoms with Crippen LogP contribution in [0.15, 0.2) is 71.1 Å². The summed E-state index contributed by atoms with van der Waals surface area (Å²) in [6, 6.07) is 22.5. The van der Waals surface area contributed by atoms with E-state index in [9.17, 15) is 4.79 Å². The molecule has 0 bridgehead atoms.